The molecule has 0 aliphatic carbocycles. The summed E-state index contributed by atoms with van der Waals surface area (Å²) in [6, 6.07) is 8.24. The van der Waals surface area contributed by atoms with Gasteiger partial charge in [0.1, 0.15) is 5.58 Å². The van der Waals surface area contributed by atoms with Gasteiger partial charge in [-0.25, -0.2) is 9.59 Å². The predicted molar refractivity (Wildman–Crippen MR) is 63.6 cm³/mol. The van der Waals surface area contributed by atoms with E-state index < -0.39 is 16.4 Å². The van der Waals surface area contributed by atoms with Gasteiger partial charge < -0.3 is 9.15 Å². The molecule has 1 heterocycles. The van der Waals surface area contributed by atoms with E-state index in [0.29, 0.717) is 11.0 Å². The smallest absolute Gasteiger partial charge is 0.379 e. The molecule has 0 bridgehead atoms. The van der Waals surface area contributed by atoms with Crippen molar-refractivity contribution in [2.75, 3.05) is 0 Å². The van der Waals surface area contributed by atoms with Crippen LogP contribution in [0, 0.1) is 0 Å². The average molecular weight is 273 g/mol. The fourth-order valence-electron chi connectivity index (χ4n) is 1.27. The number of rotatable bonds is 2. The molecule has 0 amide bonds. The highest BCUT2D eigenvalue weighted by atomic mass is 35.5. The van der Waals surface area contributed by atoms with E-state index in [0.717, 1.165) is 0 Å². The summed E-state index contributed by atoms with van der Waals surface area (Å²) in [6.45, 7) is 0. The fourth-order valence-corrected chi connectivity index (χ4v) is 1.36. The molecule has 17 heavy (non-hydrogen) atoms. The third kappa shape index (κ3) is 2.60. The van der Waals surface area contributed by atoms with Crippen LogP contribution in [0.4, 0.5) is 0 Å². The van der Waals surface area contributed by atoms with Crippen LogP contribution in [0.2, 0.25) is 0 Å². The summed E-state index contributed by atoms with van der Waals surface area (Å²) in [5.41, 5.74) is -0.350. The Morgan fingerprint density at radius 3 is 2.71 bits per heavy atom. The van der Waals surface area contributed by atoms with Crippen molar-refractivity contribution in [2.45, 2.75) is 4.84 Å². The van der Waals surface area contributed by atoms with E-state index in [-0.39, 0.29) is 5.75 Å². The number of halogens is 2. The van der Waals surface area contributed by atoms with Gasteiger partial charge in [0.05, 0.1) is 0 Å². The van der Waals surface area contributed by atoms with Crippen molar-refractivity contribution in [3.63, 3.8) is 0 Å². The van der Waals surface area contributed by atoms with Gasteiger partial charge in [-0.05, 0) is 12.1 Å². The van der Waals surface area contributed by atoms with E-state index in [4.69, 9.17) is 32.4 Å². The van der Waals surface area contributed by atoms with Crippen LogP contribution in [-0.2, 0) is 4.79 Å². The first kappa shape index (κ1) is 12.0. The minimum absolute atomic E-state index is 0.236. The second-order valence-electron chi connectivity index (χ2n) is 3.16. The van der Waals surface area contributed by atoms with Gasteiger partial charge in [0.25, 0.3) is 0 Å². The summed E-state index contributed by atoms with van der Waals surface area (Å²) < 4.78 is 9.66. The molecule has 0 radical (unpaired) electrons. The standard InChI is InChI=1S/C11H6Cl2O4/c12-9(13)11(15)17-8-5-6-3-1-2-4-7(6)16-10(8)14/h1-5,9H. The number of hydrogen-bond donors (Lipinski definition) is 0. The third-order valence-electron chi connectivity index (χ3n) is 2.00. The number of carbonyl (C=O) groups is 1. The van der Waals surface area contributed by atoms with Crippen LogP contribution in [0.5, 0.6) is 5.75 Å². The van der Waals surface area contributed by atoms with Crippen LogP contribution in [0.15, 0.2) is 39.5 Å². The van der Waals surface area contributed by atoms with E-state index in [1.54, 1.807) is 24.3 Å². The van der Waals surface area contributed by atoms with Crippen molar-refractivity contribution in [3.05, 3.63) is 40.8 Å². The van der Waals surface area contributed by atoms with Crippen LogP contribution >= 0.6 is 23.2 Å². The maximum absolute atomic E-state index is 11.5. The molecule has 0 unspecified atom stereocenters. The van der Waals surface area contributed by atoms with Crippen molar-refractivity contribution in [3.8, 4) is 5.75 Å². The van der Waals surface area contributed by atoms with Crippen LogP contribution < -0.4 is 10.4 Å². The minimum atomic E-state index is -1.35. The number of ether oxygens (including phenoxy) is 1. The monoisotopic (exact) mass is 272 g/mol. The van der Waals surface area contributed by atoms with Gasteiger partial charge in [0.15, 0.2) is 0 Å². The molecule has 0 spiro atoms. The lowest BCUT2D eigenvalue weighted by Crippen LogP contribution is -2.19. The largest absolute Gasteiger partial charge is 0.420 e. The van der Waals surface area contributed by atoms with E-state index in [1.165, 1.54) is 6.07 Å². The van der Waals surface area contributed by atoms with E-state index in [2.05, 4.69) is 0 Å². The molecule has 2 aromatic rings. The van der Waals surface area contributed by atoms with Gasteiger partial charge in [-0.15, -0.1) is 0 Å². The zero-order chi connectivity index (χ0) is 12.4. The molecule has 2 rings (SSSR count). The molecular weight excluding hydrogens is 267 g/mol. The normalized spacial score (nSPS) is 10.8. The van der Waals surface area contributed by atoms with Crippen molar-refractivity contribution in [2.24, 2.45) is 0 Å². The summed E-state index contributed by atoms with van der Waals surface area (Å²) in [4.78, 5) is 21.2. The molecule has 0 atom stereocenters. The number of alkyl halides is 2. The van der Waals surface area contributed by atoms with Crippen LogP contribution in [-0.4, -0.2) is 10.8 Å². The quantitative estimate of drug-likeness (QED) is 0.479. The van der Waals surface area contributed by atoms with Gasteiger partial charge in [0, 0.05) is 5.39 Å². The maximum atomic E-state index is 11.5. The summed E-state index contributed by atoms with van der Waals surface area (Å²) in [7, 11) is 0. The first-order valence-electron chi connectivity index (χ1n) is 4.60. The molecule has 1 aromatic heterocycles. The second-order valence-corrected chi connectivity index (χ2v) is 4.25. The van der Waals surface area contributed by atoms with Gasteiger partial charge in [-0.1, -0.05) is 41.4 Å². The predicted octanol–water partition coefficient (Wildman–Crippen LogP) is 2.50. The van der Waals surface area contributed by atoms with Gasteiger partial charge >= 0.3 is 11.6 Å². The minimum Gasteiger partial charge on any atom is -0.420 e. The Morgan fingerprint density at radius 1 is 1.29 bits per heavy atom. The summed E-state index contributed by atoms with van der Waals surface area (Å²) in [5.74, 6) is -1.16. The lowest BCUT2D eigenvalue weighted by Gasteiger charge is -2.03. The van der Waals surface area contributed by atoms with Crippen molar-refractivity contribution >= 4 is 40.1 Å². The Hall–Kier alpha value is -1.52. The van der Waals surface area contributed by atoms with Gasteiger partial charge in [0.2, 0.25) is 10.6 Å². The molecule has 0 saturated heterocycles. The Balaban J connectivity index is 2.44. The highest BCUT2D eigenvalue weighted by molar-refractivity contribution is 6.53. The summed E-state index contributed by atoms with van der Waals surface area (Å²) >= 11 is 10.6. The Kier molecular flexibility index (Phi) is 3.36. The average Bonchev–Trinajstić information content (AvgIpc) is 2.29. The zero-order valence-electron chi connectivity index (χ0n) is 8.35. The molecule has 0 fully saturated rings. The van der Waals surface area contributed by atoms with Crippen LogP contribution in [0.25, 0.3) is 11.0 Å². The van der Waals surface area contributed by atoms with E-state index in [1.807, 2.05) is 0 Å². The molecule has 0 aliphatic heterocycles. The summed E-state index contributed by atoms with van der Waals surface area (Å²) in [6.07, 6.45) is 0. The van der Waals surface area contributed by atoms with Crippen molar-refractivity contribution < 1.29 is 13.9 Å². The Labute approximate surface area is 106 Å². The maximum Gasteiger partial charge on any atom is 0.379 e. The molecule has 0 N–H and O–H groups in total. The topological polar surface area (TPSA) is 56.5 Å². The lowest BCUT2D eigenvalue weighted by molar-refractivity contribution is -0.132. The SMILES string of the molecule is O=C(Oc1cc2ccccc2oc1=O)C(Cl)Cl. The van der Waals surface area contributed by atoms with Crippen LogP contribution in [0.1, 0.15) is 0 Å². The fraction of sp³-hybridized carbons (Fsp3) is 0.0909. The highest BCUT2D eigenvalue weighted by Gasteiger charge is 2.17. The molecular formula is C11H6Cl2O4. The lowest BCUT2D eigenvalue weighted by atomic mass is 10.2. The van der Waals surface area contributed by atoms with Crippen molar-refractivity contribution in [1.29, 1.82) is 0 Å². The summed E-state index contributed by atoms with van der Waals surface area (Å²) in [5, 5.41) is 0.635. The number of para-hydroxylation sites is 1. The number of fused-ring (bicyclic) bond motifs is 1. The van der Waals surface area contributed by atoms with E-state index >= 15 is 0 Å². The Morgan fingerprint density at radius 2 is 2.00 bits per heavy atom. The first-order valence-corrected chi connectivity index (χ1v) is 5.48. The third-order valence-corrected chi connectivity index (χ3v) is 2.35. The molecule has 88 valence electrons. The van der Waals surface area contributed by atoms with Gasteiger partial charge in [-0.3, -0.25) is 0 Å². The number of esters is 1. The van der Waals surface area contributed by atoms with Crippen molar-refractivity contribution in [1.82, 2.24) is 0 Å². The first-order chi connectivity index (χ1) is 8.08. The Bertz CT molecular complexity index is 618. The van der Waals surface area contributed by atoms with Gasteiger partial charge in [-0.2, -0.15) is 0 Å². The molecule has 4 nitrogen and oxygen atoms in total. The number of carbonyl (C=O) groups excluding carboxylic acids is 1. The van der Waals surface area contributed by atoms with E-state index in [9.17, 15) is 9.59 Å². The zero-order valence-corrected chi connectivity index (χ0v) is 9.86. The molecule has 0 aliphatic rings. The number of benzene rings is 1. The molecule has 0 saturated carbocycles. The number of hydrogen-bond acceptors (Lipinski definition) is 4. The van der Waals surface area contributed by atoms with Crippen LogP contribution in [0.3, 0.4) is 0 Å². The highest BCUT2D eigenvalue weighted by Crippen LogP contribution is 2.17. The molecule has 1 aromatic carbocycles. The molecule has 6 heteroatoms. The second kappa shape index (κ2) is 4.77.